The van der Waals surface area contributed by atoms with Crippen LogP contribution in [0.4, 0.5) is 0 Å². The molecule has 0 aliphatic rings. The number of aromatic hydroxyl groups is 1. The minimum atomic E-state index is -0.979. The van der Waals surface area contributed by atoms with Crippen LogP contribution in [0.5, 0.6) is 5.75 Å². The number of aromatic nitrogens is 2. The predicted molar refractivity (Wildman–Crippen MR) is 130 cm³/mol. The molecular formula is C26H32N4O4. The van der Waals surface area contributed by atoms with Crippen LogP contribution in [0.1, 0.15) is 42.7 Å². The predicted octanol–water partition coefficient (Wildman–Crippen LogP) is 2.84. The third kappa shape index (κ3) is 6.74. The van der Waals surface area contributed by atoms with Crippen molar-refractivity contribution in [2.45, 2.75) is 45.3 Å². The molecule has 1 heterocycles. The zero-order valence-corrected chi connectivity index (χ0v) is 19.7. The van der Waals surface area contributed by atoms with E-state index in [9.17, 15) is 19.8 Å². The van der Waals surface area contributed by atoms with Crippen LogP contribution in [-0.2, 0) is 11.2 Å². The molecule has 1 aromatic heterocycles. The molecule has 3 atom stereocenters. The first kappa shape index (κ1) is 25.1. The van der Waals surface area contributed by atoms with E-state index in [1.54, 1.807) is 37.4 Å². The van der Waals surface area contributed by atoms with E-state index in [0.29, 0.717) is 23.9 Å². The molecule has 0 aliphatic heterocycles. The standard InChI is InChI=1S/C26H32N4O4/c1-16(2)12-18(25(33)27-3)14-24(32)22(13-17-8-10-19(31)11-9-17)30-26(34)23-15-28-20-6-4-5-7-21(20)29-23/h4-11,15-16,18,22,24,31-32H,12-14H2,1-3H3,(H,27,33)(H,30,34)/t18-,22+,24+/m1/s1. The molecule has 0 spiro atoms. The number of nitrogens with one attached hydrogen (secondary N) is 2. The average molecular weight is 465 g/mol. The third-order valence-electron chi connectivity index (χ3n) is 5.75. The highest BCUT2D eigenvalue weighted by atomic mass is 16.3. The summed E-state index contributed by atoms with van der Waals surface area (Å²) in [6, 6.07) is 13.2. The lowest BCUT2D eigenvalue weighted by Gasteiger charge is -2.28. The highest BCUT2D eigenvalue weighted by molar-refractivity contribution is 5.94. The Balaban J connectivity index is 1.83. The maximum absolute atomic E-state index is 13.1. The number of carbonyl (C=O) groups excluding carboxylic acids is 2. The second kappa shape index (κ2) is 11.6. The van der Waals surface area contributed by atoms with Gasteiger partial charge in [0.15, 0.2) is 0 Å². The van der Waals surface area contributed by atoms with Crippen LogP contribution in [0, 0.1) is 11.8 Å². The van der Waals surface area contributed by atoms with E-state index in [1.807, 2.05) is 32.0 Å². The first-order valence-corrected chi connectivity index (χ1v) is 11.5. The molecule has 0 radical (unpaired) electrons. The molecule has 0 bridgehead atoms. The van der Waals surface area contributed by atoms with Gasteiger partial charge in [-0.3, -0.25) is 14.6 Å². The number of fused-ring (bicyclic) bond motifs is 1. The van der Waals surface area contributed by atoms with E-state index in [-0.39, 0.29) is 35.6 Å². The van der Waals surface area contributed by atoms with Gasteiger partial charge in [-0.05, 0) is 55.0 Å². The Hall–Kier alpha value is -3.52. The summed E-state index contributed by atoms with van der Waals surface area (Å²) >= 11 is 0. The fraction of sp³-hybridized carbons (Fsp3) is 0.385. The molecule has 0 fully saturated rings. The quantitative estimate of drug-likeness (QED) is 0.366. The molecule has 3 rings (SSSR count). The summed E-state index contributed by atoms with van der Waals surface area (Å²) in [6.07, 6.45) is 1.56. The molecule has 3 aromatic rings. The average Bonchev–Trinajstić information content (AvgIpc) is 2.83. The minimum absolute atomic E-state index is 0.132. The largest absolute Gasteiger partial charge is 0.508 e. The van der Waals surface area contributed by atoms with Crippen molar-refractivity contribution < 1.29 is 19.8 Å². The summed E-state index contributed by atoms with van der Waals surface area (Å²) in [4.78, 5) is 34.2. The highest BCUT2D eigenvalue weighted by Crippen LogP contribution is 2.21. The van der Waals surface area contributed by atoms with Gasteiger partial charge in [-0.1, -0.05) is 38.1 Å². The summed E-state index contributed by atoms with van der Waals surface area (Å²) in [7, 11) is 1.58. The number of phenolic OH excluding ortho intramolecular Hbond substituents is 1. The van der Waals surface area contributed by atoms with Crippen molar-refractivity contribution >= 4 is 22.8 Å². The lowest BCUT2D eigenvalue weighted by molar-refractivity contribution is -0.126. The van der Waals surface area contributed by atoms with Gasteiger partial charge < -0.3 is 20.8 Å². The molecule has 34 heavy (non-hydrogen) atoms. The minimum Gasteiger partial charge on any atom is -0.508 e. The zero-order valence-electron chi connectivity index (χ0n) is 19.7. The van der Waals surface area contributed by atoms with E-state index in [1.165, 1.54) is 6.20 Å². The van der Waals surface area contributed by atoms with Crippen molar-refractivity contribution in [1.29, 1.82) is 0 Å². The van der Waals surface area contributed by atoms with Gasteiger partial charge in [0.1, 0.15) is 11.4 Å². The van der Waals surface area contributed by atoms with Gasteiger partial charge in [-0.15, -0.1) is 0 Å². The van der Waals surface area contributed by atoms with Gasteiger partial charge in [0.2, 0.25) is 5.91 Å². The molecule has 2 amide bonds. The summed E-state index contributed by atoms with van der Waals surface area (Å²) in [5, 5.41) is 26.3. The monoisotopic (exact) mass is 464 g/mol. The second-order valence-corrected chi connectivity index (χ2v) is 8.94. The number of carbonyl (C=O) groups is 2. The van der Waals surface area contributed by atoms with Crippen LogP contribution in [0.15, 0.2) is 54.7 Å². The summed E-state index contributed by atoms with van der Waals surface area (Å²) in [5.41, 5.74) is 2.25. The van der Waals surface area contributed by atoms with Crippen molar-refractivity contribution in [2.24, 2.45) is 11.8 Å². The van der Waals surface area contributed by atoms with Crippen LogP contribution < -0.4 is 10.6 Å². The third-order valence-corrected chi connectivity index (χ3v) is 5.75. The van der Waals surface area contributed by atoms with Crippen LogP contribution in [0.25, 0.3) is 11.0 Å². The first-order chi connectivity index (χ1) is 16.3. The van der Waals surface area contributed by atoms with E-state index >= 15 is 0 Å². The number of phenols is 1. The normalized spacial score (nSPS) is 13.9. The molecule has 0 saturated heterocycles. The fourth-order valence-corrected chi connectivity index (χ4v) is 4.02. The molecular weight excluding hydrogens is 432 g/mol. The molecule has 8 heteroatoms. The summed E-state index contributed by atoms with van der Waals surface area (Å²) in [6.45, 7) is 4.05. The fourth-order valence-electron chi connectivity index (χ4n) is 4.02. The van der Waals surface area contributed by atoms with Crippen molar-refractivity contribution in [3.05, 3.63) is 66.0 Å². The van der Waals surface area contributed by atoms with Crippen LogP contribution in [0.2, 0.25) is 0 Å². The lowest BCUT2D eigenvalue weighted by atomic mass is 9.87. The Morgan fingerprint density at radius 3 is 2.32 bits per heavy atom. The van der Waals surface area contributed by atoms with E-state index in [4.69, 9.17) is 0 Å². The van der Waals surface area contributed by atoms with Gasteiger partial charge in [0, 0.05) is 13.0 Å². The van der Waals surface area contributed by atoms with Crippen LogP contribution in [0.3, 0.4) is 0 Å². The van der Waals surface area contributed by atoms with Crippen molar-refractivity contribution in [3.8, 4) is 5.75 Å². The van der Waals surface area contributed by atoms with Crippen molar-refractivity contribution in [1.82, 2.24) is 20.6 Å². The summed E-state index contributed by atoms with van der Waals surface area (Å²) < 4.78 is 0. The second-order valence-electron chi connectivity index (χ2n) is 8.94. The van der Waals surface area contributed by atoms with Gasteiger partial charge in [-0.25, -0.2) is 4.98 Å². The number of benzene rings is 2. The van der Waals surface area contributed by atoms with Gasteiger partial charge >= 0.3 is 0 Å². The van der Waals surface area contributed by atoms with Crippen molar-refractivity contribution in [2.75, 3.05) is 7.05 Å². The Morgan fingerprint density at radius 1 is 1.00 bits per heavy atom. The smallest absolute Gasteiger partial charge is 0.271 e. The lowest BCUT2D eigenvalue weighted by Crippen LogP contribution is -2.47. The zero-order chi connectivity index (χ0) is 24.7. The first-order valence-electron chi connectivity index (χ1n) is 11.5. The summed E-state index contributed by atoms with van der Waals surface area (Å²) in [5.74, 6) is -0.579. The number of nitrogens with zero attached hydrogens (tertiary/aromatic N) is 2. The molecule has 0 aliphatic carbocycles. The number of hydrogen-bond donors (Lipinski definition) is 4. The van der Waals surface area contributed by atoms with Crippen LogP contribution in [-0.4, -0.2) is 51.2 Å². The Bertz CT molecular complexity index is 1120. The van der Waals surface area contributed by atoms with Gasteiger partial charge in [0.05, 0.1) is 29.4 Å². The Labute approximate surface area is 199 Å². The highest BCUT2D eigenvalue weighted by Gasteiger charge is 2.29. The topological polar surface area (TPSA) is 124 Å². The molecule has 0 unspecified atom stereocenters. The molecule has 0 saturated carbocycles. The van der Waals surface area contributed by atoms with Gasteiger partial charge in [-0.2, -0.15) is 0 Å². The van der Waals surface area contributed by atoms with E-state index in [0.717, 1.165) is 5.56 Å². The number of aliphatic hydroxyl groups excluding tert-OH is 1. The molecule has 4 N–H and O–H groups in total. The number of hydrogen-bond acceptors (Lipinski definition) is 6. The molecule has 180 valence electrons. The van der Waals surface area contributed by atoms with E-state index < -0.39 is 18.1 Å². The number of para-hydroxylation sites is 2. The van der Waals surface area contributed by atoms with E-state index in [2.05, 4.69) is 20.6 Å². The SMILES string of the molecule is CNC(=O)[C@H](CC(C)C)C[C@H](O)[C@H](Cc1ccc(O)cc1)NC(=O)c1cnc2ccccc2n1. The number of rotatable bonds is 10. The molecule has 2 aromatic carbocycles. The maximum Gasteiger partial charge on any atom is 0.271 e. The van der Waals surface area contributed by atoms with Crippen LogP contribution >= 0.6 is 0 Å². The maximum atomic E-state index is 13.1. The number of amides is 2. The Kier molecular flexibility index (Phi) is 8.54. The molecule has 8 nitrogen and oxygen atoms in total. The number of aliphatic hydroxyl groups is 1. The van der Waals surface area contributed by atoms with Crippen molar-refractivity contribution in [3.63, 3.8) is 0 Å². The van der Waals surface area contributed by atoms with Gasteiger partial charge in [0.25, 0.3) is 5.91 Å². The Morgan fingerprint density at radius 2 is 1.68 bits per heavy atom.